The third-order valence-electron chi connectivity index (χ3n) is 10.5. The van der Waals surface area contributed by atoms with Crippen LogP contribution in [0.1, 0.15) is 0 Å². The molecule has 53 heavy (non-hydrogen) atoms. The quantitative estimate of drug-likeness (QED) is 0.182. The Morgan fingerprint density at radius 1 is 0.358 bits per heavy atom. The first-order valence-corrected chi connectivity index (χ1v) is 17.9. The molecule has 0 bridgehead atoms. The Bertz CT molecular complexity index is 3130. The molecule has 0 spiro atoms. The molecular weight excluding hydrogens is 647 g/mol. The number of hydrogen-bond acceptors (Lipinski definition) is 2. The van der Waals surface area contributed by atoms with Gasteiger partial charge in [0.1, 0.15) is 0 Å². The zero-order valence-corrected chi connectivity index (χ0v) is 28.6. The third kappa shape index (κ3) is 4.64. The van der Waals surface area contributed by atoms with Crippen LogP contribution >= 0.6 is 0 Å². The molecule has 0 unspecified atom stereocenters. The van der Waals surface area contributed by atoms with Gasteiger partial charge in [-0.2, -0.15) is 0 Å². The van der Waals surface area contributed by atoms with Gasteiger partial charge in [0.25, 0.3) is 0 Å². The van der Waals surface area contributed by atoms with Crippen molar-refractivity contribution < 1.29 is 0 Å². The molecule has 0 aliphatic heterocycles. The molecule has 0 aliphatic rings. The Balaban J connectivity index is 1.00. The Morgan fingerprint density at radius 2 is 0.925 bits per heavy atom. The van der Waals surface area contributed by atoms with Gasteiger partial charge in [0, 0.05) is 50.2 Å². The number of fused-ring (bicyclic) bond motifs is 7. The maximum absolute atomic E-state index is 5.16. The molecule has 4 heterocycles. The molecular formula is C48H31N5. The van der Waals surface area contributed by atoms with Crippen LogP contribution < -0.4 is 0 Å². The minimum absolute atomic E-state index is 0.692. The molecule has 0 N–H and O–H groups in total. The Kier molecular flexibility index (Phi) is 6.48. The van der Waals surface area contributed by atoms with Gasteiger partial charge >= 0.3 is 0 Å². The summed E-state index contributed by atoms with van der Waals surface area (Å²) in [4.78, 5) is 5.16. The van der Waals surface area contributed by atoms with E-state index >= 15 is 0 Å². The summed E-state index contributed by atoms with van der Waals surface area (Å²) in [5.74, 6) is 0.692. The van der Waals surface area contributed by atoms with E-state index in [4.69, 9.17) is 10.1 Å². The van der Waals surface area contributed by atoms with E-state index in [1.165, 1.54) is 38.1 Å². The molecule has 11 rings (SSSR count). The first kappa shape index (κ1) is 29.5. The number of para-hydroxylation sites is 4. The molecule has 0 saturated heterocycles. The number of pyridine rings is 1. The van der Waals surface area contributed by atoms with Crippen molar-refractivity contribution in [2.24, 2.45) is 0 Å². The lowest BCUT2D eigenvalue weighted by atomic mass is 10.0. The van der Waals surface area contributed by atoms with Crippen molar-refractivity contribution in [2.45, 2.75) is 0 Å². The van der Waals surface area contributed by atoms with Crippen LogP contribution in [-0.2, 0) is 0 Å². The molecule has 11 aromatic rings. The molecule has 5 heteroatoms. The summed E-state index contributed by atoms with van der Waals surface area (Å²) >= 11 is 0. The highest BCUT2D eigenvalue weighted by Crippen LogP contribution is 2.37. The summed E-state index contributed by atoms with van der Waals surface area (Å²) in [7, 11) is 0. The van der Waals surface area contributed by atoms with Crippen molar-refractivity contribution in [3.63, 3.8) is 0 Å². The standard InChI is InChI=1S/C48H31N5/c1-2-16-36(17-3-1)52-43-23-7-6-21-41(43)42-27-26-34(31-46(42)52)38-22-12-28-51-48(38)49-47(50-51)35-15-10-13-32(29-35)33-14-11-18-37(30-33)53-44-24-8-4-19-39(44)40-20-5-9-25-45(40)53/h1-31H. The first-order chi connectivity index (χ1) is 26.3. The number of rotatable bonds is 5. The van der Waals surface area contributed by atoms with Crippen molar-refractivity contribution in [1.82, 2.24) is 23.7 Å². The summed E-state index contributed by atoms with van der Waals surface area (Å²) < 4.78 is 6.61. The maximum atomic E-state index is 5.16. The highest BCUT2D eigenvalue weighted by molar-refractivity contribution is 6.11. The lowest BCUT2D eigenvalue weighted by Gasteiger charge is -2.11. The van der Waals surface area contributed by atoms with Crippen molar-refractivity contribution in [3.8, 4) is 45.0 Å². The summed E-state index contributed by atoms with van der Waals surface area (Å²) in [6, 6.07) is 64.7. The van der Waals surface area contributed by atoms with Crippen molar-refractivity contribution >= 4 is 49.3 Å². The van der Waals surface area contributed by atoms with Crippen molar-refractivity contribution in [3.05, 3.63) is 188 Å². The van der Waals surface area contributed by atoms with Gasteiger partial charge < -0.3 is 9.13 Å². The van der Waals surface area contributed by atoms with Gasteiger partial charge in [-0.05, 0) is 83.4 Å². The van der Waals surface area contributed by atoms with Gasteiger partial charge in [0.05, 0.1) is 22.1 Å². The number of benzene rings is 7. The predicted molar refractivity (Wildman–Crippen MR) is 218 cm³/mol. The van der Waals surface area contributed by atoms with Crippen LogP contribution in [0.5, 0.6) is 0 Å². The van der Waals surface area contributed by atoms with Gasteiger partial charge in [-0.15, -0.1) is 5.10 Å². The lowest BCUT2D eigenvalue weighted by Crippen LogP contribution is -1.94. The van der Waals surface area contributed by atoms with Crippen LogP contribution in [0.2, 0.25) is 0 Å². The maximum Gasteiger partial charge on any atom is 0.182 e. The molecule has 0 aliphatic carbocycles. The highest BCUT2D eigenvalue weighted by Gasteiger charge is 2.17. The fourth-order valence-corrected chi connectivity index (χ4v) is 8.11. The minimum Gasteiger partial charge on any atom is -0.309 e. The van der Waals surface area contributed by atoms with Crippen LogP contribution in [0.4, 0.5) is 0 Å². The van der Waals surface area contributed by atoms with E-state index in [0.29, 0.717) is 5.82 Å². The van der Waals surface area contributed by atoms with E-state index in [2.05, 4.69) is 185 Å². The summed E-state index contributed by atoms with van der Waals surface area (Å²) in [6.45, 7) is 0. The second-order valence-corrected chi connectivity index (χ2v) is 13.5. The van der Waals surface area contributed by atoms with Gasteiger partial charge in [-0.3, -0.25) is 0 Å². The molecule has 0 fully saturated rings. The van der Waals surface area contributed by atoms with E-state index in [1.54, 1.807) is 0 Å². The molecule has 7 aromatic carbocycles. The van der Waals surface area contributed by atoms with Crippen molar-refractivity contribution in [1.29, 1.82) is 0 Å². The van der Waals surface area contributed by atoms with E-state index in [-0.39, 0.29) is 0 Å². The average Bonchev–Trinajstić information content (AvgIpc) is 3.92. The van der Waals surface area contributed by atoms with E-state index < -0.39 is 0 Å². The zero-order chi connectivity index (χ0) is 34.9. The molecule has 0 saturated carbocycles. The molecule has 0 atom stereocenters. The second kappa shape index (κ2) is 11.7. The molecule has 0 radical (unpaired) electrons. The van der Waals surface area contributed by atoms with E-state index in [9.17, 15) is 0 Å². The lowest BCUT2D eigenvalue weighted by molar-refractivity contribution is 0.967. The number of aromatic nitrogens is 5. The fourth-order valence-electron chi connectivity index (χ4n) is 8.11. The van der Waals surface area contributed by atoms with Gasteiger partial charge in [0.15, 0.2) is 11.5 Å². The van der Waals surface area contributed by atoms with E-state index in [1.807, 2.05) is 16.8 Å². The second-order valence-electron chi connectivity index (χ2n) is 13.5. The van der Waals surface area contributed by atoms with Crippen LogP contribution in [0, 0.1) is 0 Å². The topological polar surface area (TPSA) is 40.0 Å². The molecule has 0 amide bonds. The third-order valence-corrected chi connectivity index (χ3v) is 10.5. The predicted octanol–water partition coefficient (Wildman–Crippen LogP) is 11.9. The first-order valence-electron chi connectivity index (χ1n) is 17.9. The Morgan fingerprint density at radius 3 is 1.64 bits per heavy atom. The normalized spacial score (nSPS) is 11.8. The van der Waals surface area contributed by atoms with Crippen LogP contribution in [-0.4, -0.2) is 23.7 Å². The highest BCUT2D eigenvalue weighted by atomic mass is 15.3. The van der Waals surface area contributed by atoms with Gasteiger partial charge in [-0.1, -0.05) is 115 Å². The van der Waals surface area contributed by atoms with Crippen molar-refractivity contribution in [2.75, 3.05) is 0 Å². The van der Waals surface area contributed by atoms with Crippen LogP contribution in [0.15, 0.2) is 188 Å². The van der Waals surface area contributed by atoms with Gasteiger partial charge in [-0.25, -0.2) is 9.50 Å². The van der Waals surface area contributed by atoms with Crippen LogP contribution in [0.25, 0.3) is 94.3 Å². The summed E-state index contributed by atoms with van der Waals surface area (Å²) in [6.07, 6.45) is 1.98. The largest absolute Gasteiger partial charge is 0.309 e. The zero-order valence-electron chi connectivity index (χ0n) is 28.6. The number of nitrogens with zero attached hydrogens (tertiary/aromatic N) is 5. The fraction of sp³-hybridized carbons (Fsp3) is 0. The molecule has 248 valence electrons. The SMILES string of the molecule is c1ccc(-n2c3ccccc3c3ccc(-c4cccn5nc(-c6cccc(-c7cccc(-n8c9ccccc9c9ccccc98)c7)c6)nc45)cc32)cc1. The summed E-state index contributed by atoms with van der Waals surface area (Å²) in [5.41, 5.74) is 13.2. The smallest absolute Gasteiger partial charge is 0.182 e. The Hall–Kier alpha value is -7.24. The van der Waals surface area contributed by atoms with Gasteiger partial charge in [0.2, 0.25) is 0 Å². The molecule has 4 aromatic heterocycles. The summed E-state index contributed by atoms with van der Waals surface area (Å²) in [5, 5.41) is 9.96. The number of hydrogen-bond donors (Lipinski definition) is 0. The Labute approximate surface area is 305 Å². The average molecular weight is 678 g/mol. The monoisotopic (exact) mass is 677 g/mol. The minimum atomic E-state index is 0.692. The van der Waals surface area contributed by atoms with Crippen LogP contribution in [0.3, 0.4) is 0 Å². The molecule has 5 nitrogen and oxygen atoms in total. The van der Waals surface area contributed by atoms with E-state index in [0.717, 1.165) is 50.4 Å².